The van der Waals surface area contributed by atoms with E-state index in [0.717, 1.165) is 6.07 Å². The SMILES string of the molecule is O=C(COc1ccc(Cl)c(F)c1)NC12CC(NC(=O)C3CN(C(=O)[C@@H]4C[C@@H]4F)c4cc(Cl)ccc4O3)(C1)C2. The minimum Gasteiger partial charge on any atom is -0.484 e. The van der Waals surface area contributed by atoms with Crippen LogP contribution >= 0.6 is 23.2 Å². The van der Waals surface area contributed by atoms with Gasteiger partial charge in [-0.05, 0) is 56.0 Å². The molecule has 8 nitrogen and oxygen atoms in total. The third-order valence-corrected chi connectivity index (χ3v) is 8.04. The fourth-order valence-corrected chi connectivity index (χ4v) is 5.95. The average Bonchev–Trinajstić information content (AvgIpc) is 3.57. The Hall–Kier alpha value is -3.11. The van der Waals surface area contributed by atoms with Gasteiger partial charge >= 0.3 is 0 Å². The van der Waals surface area contributed by atoms with E-state index in [-0.39, 0.29) is 42.2 Å². The molecule has 2 aromatic carbocycles. The number of fused-ring (bicyclic) bond motifs is 1. The molecule has 2 bridgehead atoms. The lowest BCUT2D eigenvalue weighted by Gasteiger charge is -2.70. The predicted octanol–water partition coefficient (Wildman–Crippen LogP) is 3.57. The van der Waals surface area contributed by atoms with Gasteiger partial charge in [-0.3, -0.25) is 14.4 Å². The Kier molecular flexibility index (Phi) is 5.95. The zero-order valence-corrected chi connectivity index (χ0v) is 21.5. The second-order valence-electron chi connectivity index (χ2n) is 10.5. The van der Waals surface area contributed by atoms with Crippen LogP contribution in [-0.2, 0) is 14.4 Å². The van der Waals surface area contributed by atoms with E-state index in [1.807, 2.05) is 0 Å². The number of halogens is 4. The molecule has 5 aliphatic rings. The van der Waals surface area contributed by atoms with E-state index in [0.29, 0.717) is 35.7 Å². The highest BCUT2D eigenvalue weighted by atomic mass is 35.5. The molecule has 4 saturated carbocycles. The first-order valence-electron chi connectivity index (χ1n) is 12.2. The van der Waals surface area contributed by atoms with Crippen LogP contribution in [0, 0.1) is 11.7 Å². The number of anilines is 1. The minimum atomic E-state index is -1.18. The topological polar surface area (TPSA) is 97.0 Å². The Morgan fingerprint density at radius 3 is 2.47 bits per heavy atom. The van der Waals surface area contributed by atoms with Crippen LogP contribution in [0.15, 0.2) is 36.4 Å². The summed E-state index contributed by atoms with van der Waals surface area (Å²) < 4.78 is 38.4. The van der Waals surface area contributed by atoms with E-state index >= 15 is 0 Å². The number of hydrogen-bond donors (Lipinski definition) is 2. The monoisotopic (exact) mass is 565 g/mol. The number of hydrogen-bond acceptors (Lipinski definition) is 5. The van der Waals surface area contributed by atoms with Crippen molar-refractivity contribution >= 4 is 46.6 Å². The summed E-state index contributed by atoms with van der Waals surface area (Å²) in [6.07, 6.45) is -0.357. The predicted molar refractivity (Wildman–Crippen MR) is 134 cm³/mol. The molecule has 1 heterocycles. The Labute approximate surface area is 226 Å². The highest BCUT2D eigenvalue weighted by Crippen LogP contribution is 2.60. The van der Waals surface area contributed by atoms with Crippen molar-refractivity contribution in [2.45, 2.75) is 49.0 Å². The van der Waals surface area contributed by atoms with Crippen LogP contribution in [0.4, 0.5) is 14.5 Å². The highest BCUT2D eigenvalue weighted by molar-refractivity contribution is 6.31. The molecule has 0 spiro atoms. The molecule has 0 saturated heterocycles. The molecule has 0 radical (unpaired) electrons. The van der Waals surface area contributed by atoms with Crippen molar-refractivity contribution in [3.05, 3.63) is 52.3 Å². The van der Waals surface area contributed by atoms with Crippen molar-refractivity contribution in [3.8, 4) is 11.5 Å². The zero-order valence-electron chi connectivity index (χ0n) is 19.9. The normalized spacial score (nSPS) is 30.1. The molecule has 2 aromatic rings. The molecule has 1 aliphatic heterocycles. The van der Waals surface area contributed by atoms with Gasteiger partial charge in [-0.1, -0.05) is 23.2 Å². The quantitative estimate of drug-likeness (QED) is 0.535. The zero-order chi connectivity index (χ0) is 26.8. The van der Waals surface area contributed by atoms with Crippen molar-refractivity contribution in [1.82, 2.24) is 10.6 Å². The number of carbonyl (C=O) groups excluding carboxylic acids is 3. The van der Waals surface area contributed by atoms with Crippen LogP contribution < -0.4 is 25.0 Å². The number of carbonyl (C=O) groups is 3. The summed E-state index contributed by atoms with van der Waals surface area (Å²) in [7, 11) is 0. The Bertz CT molecular complexity index is 1340. The van der Waals surface area contributed by atoms with Gasteiger partial charge in [0.05, 0.1) is 23.2 Å². The third kappa shape index (κ3) is 4.53. The van der Waals surface area contributed by atoms with E-state index in [1.165, 1.54) is 17.0 Å². The molecular formula is C26H23Cl2F2N3O5. The molecule has 0 aromatic heterocycles. The molecule has 7 rings (SSSR count). The maximum Gasteiger partial charge on any atom is 0.263 e. The van der Waals surface area contributed by atoms with E-state index in [1.54, 1.807) is 18.2 Å². The van der Waals surface area contributed by atoms with Gasteiger partial charge in [-0.2, -0.15) is 0 Å². The van der Waals surface area contributed by atoms with Gasteiger partial charge in [-0.15, -0.1) is 0 Å². The van der Waals surface area contributed by atoms with Gasteiger partial charge in [0, 0.05) is 22.2 Å². The molecule has 1 unspecified atom stereocenters. The number of benzene rings is 2. The summed E-state index contributed by atoms with van der Waals surface area (Å²) in [6, 6.07) is 8.68. The fourth-order valence-electron chi connectivity index (χ4n) is 5.66. The molecule has 200 valence electrons. The molecule has 3 atom stereocenters. The molecular weight excluding hydrogens is 543 g/mol. The summed E-state index contributed by atoms with van der Waals surface area (Å²) in [5.41, 5.74) is -0.481. The van der Waals surface area contributed by atoms with Gasteiger partial charge in [0.15, 0.2) is 12.7 Å². The fraction of sp³-hybridized carbons (Fsp3) is 0.423. The molecule has 3 amide bonds. The molecule has 38 heavy (non-hydrogen) atoms. The van der Waals surface area contributed by atoms with Crippen LogP contribution in [0.1, 0.15) is 25.7 Å². The summed E-state index contributed by atoms with van der Waals surface area (Å²) in [5, 5.41) is 6.30. The maximum absolute atomic E-state index is 13.6. The number of ether oxygens (including phenoxy) is 2. The molecule has 2 N–H and O–H groups in total. The van der Waals surface area contributed by atoms with E-state index < -0.39 is 41.0 Å². The summed E-state index contributed by atoms with van der Waals surface area (Å²) in [4.78, 5) is 39.8. The third-order valence-electron chi connectivity index (χ3n) is 7.50. The lowest BCUT2D eigenvalue weighted by Crippen LogP contribution is -2.84. The number of rotatable bonds is 7. The Balaban J connectivity index is 1.03. The first-order valence-corrected chi connectivity index (χ1v) is 12.9. The number of alkyl halides is 1. The van der Waals surface area contributed by atoms with Gasteiger partial charge in [0.1, 0.15) is 23.5 Å². The largest absolute Gasteiger partial charge is 0.484 e. The van der Waals surface area contributed by atoms with Gasteiger partial charge in [0.2, 0.25) is 5.91 Å². The lowest BCUT2D eigenvalue weighted by molar-refractivity contribution is -0.153. The summed E-state index contributed by atoms with van der Waals surface area (Å²) in [5.74, 6) is -1.97. The maximum atomic E-state index is 13.6. The highest BCUT2D eigenvalue weighted by Gasteiger charge is 2.69. The second-order valence-corrected chi connectivity index (χ2v) is 11.4. The lowest BCUT2D eigenvalue weighted by atomic mass is 9.44. The van der Waals surface area contributed by atoms with Crippen molar-refractivity contribution in [3.63, 3.8) is 0 Å². The van der Waals surface area contributed by atoms with Crippen molar-refractivity contribution in [1.29, 1.82) is 0 Å². The van der Waals surface area contributed by atoms with Crippen LogP contribution in [-0.4, -0.2) is 54.2 Å². The van der Waals surface area contributed by atoms with Crippen LogP contribution in [0.5, 0.6) is 11.5 Å². The molecule has 4 fully saturated rings. The minimum absolute atomic E-state index is 0.0362. The van der Waals surface area contributed by atoms with Crippen molar-refractivity contribution in [2.24, 2.45) is 5.92 Å². The van der Waals surface area contributed by atoms with Crippen LogP contribution in [0.25, 0.3) is 0 Å². The van der Waals surface area contributed by atoms with Crippen molar-refractivity contribution in [2.75, 3.05) is 18.1 Å². The van der Waals surface area contributed by atoms with Crippen LogP contribution in [0.2, 0.25) is 10.0 Å². The smallest absolute Gasteiger partial charge is 0.263 e. The van der Waals surface area contributed by atoms with E-state index in [4.69, 9.17) is 32.7 Å². The number of nitrogens with one attached hydrogen (secondary N) is 2. The molecule has 12 heteroatoms. The Morgan fingerprint density at radius 2 is 1.79 bits per heavy atom. The first-order chi connectivity index (χ1) is 18.1. The van der Waals surface area contributed by atoms with E-state index in [2.05, 4.69) is 10.6 Å². The Morgan fingerprint density at radius 1 is 1.08 bits per heavy atom. The summed E-state index contributed by atoms with van der Waals surface area (Å²) in [6.45, 7) is -0.339. The second kappa shape index (κ2) is 8.98. The van der Waals surface area contributed by atoms with Gasteiger partial charge < -0.3 is 25.0 Å². The first kappa shape index (κ1) is 25.2. The van der Waals surface area contributed by atoms with E-state index in [9.17, 15) is 23.2 Å². The number of nitrogens with zero attached hydrogens (tertiary/aromatic N) is 1. The molecule has 4 aliphatic carbocycles. The van der Waals surface area contributed by atoms with Gasteiger partial charge in [-0.25, -0.2) is 8.78 Å². The average molecular weight is 566 g/mol. The standard InChI is InChI=1S/C26H23Cl2F2N3O5/c27-13-1-4-20-19(5-13)33(24(36)15-7-17(15)29)8-21(38-20)23(35)32-26-10-25(11-26,12-26)31-22(34)9-37-14-2-3-16(28)18(30)6-14/h1-6,15,17,21H,7-12H2,(H,31,34)(H,32,35)/t15-,17+,21?,25?,26?/m1/s1. The van der Waals surface area contributed by atoms with Gasteiger partial charge in [0.25, 0.3) is 11.8 Å². The van der Waals surface area contributed by atoms with Crippen molar-refractivity contribution < 1.29 is 32.6 Å². The number of amides is 3. The van der Waals surface area contributed by atoms with Crippen LogP contribution in [0.3, 0.4) is 0 Å². The summed E-state index contributed by atoms with van der Waals surface area (Å²) >= 11 is 11.7.